The van der Waals surface area contributed by atoms with Gasteiger partial charge in [-0.2, -0.15) is 0 Å². The molecule has 82 valence electrons. The molecule has 0 saturated heterocycles. The third kappa shape index (κ3) is 3.05. The third-order valence-electron chi connectivity index (χ3n) is 2.54. The van der Waals surface area contributed by atoms with E-state index in [1.807, 2.05) is 0 Å². The average Bonchev–Trinajstić information content (AvgIpc) is 2.28. The summed E-state index contributed by atoms with van der Waals surface area (Å²) in [5, 5.41) is 0. The number of hydrogen-bond donors (Lipinski definition) is 0. The van der Waals surface area contributed by atoms with E-state index in [0.29, 0.717) is 23.7 Å². The van der Waals surface area contributed by atoms with Crippen molar-refractivity contribution in [2.75, 3.05) is 7.11 Å². The number of pyridine rings is 1. The van der Waals surface area contributed by atoms with Crippen LogP contribution in [0.15, 0.2) is 18.5 Å². The zero-order chi connectivity index (χ0) is 11.3. The molecule has 1 aromatic heterocycles. The van der Waals surface area contributed by atoms with Crippen LogP contribution in [0.5, 0.6) is 5.75 Å². The SMILES string of the molecule is CCC(C)CC(=O)c1ccncc1OC. The number of ether oxygens (including phenoxy) is 1. The average molecular weight is 207 g/mol. The van der Waals surface area contributed by atoms with E-state index in [9.17, 15) is 4.79 Å². The fourth-order valence-corrected chi connectivity index (χ4v) is 1.34. The van der Waals surface area contributed by atoms with Gasteiger partial charge in [0.15, 0.2) is 5.78 Å². The first-order valence-electron chi connectivity index (χ1n) is 5.20. The molecule has 0 radical (unpaired) electrons. The monoisotopic (exact) mass is 207 g/mol. The second-order valence-corrected chi connectivity index (χ2v) is 3.72. The van der Waals surface area contributed by atoms with Gasteiger partial charge in [0, 0.05) is 12.6 Å². The Morgan fingerprint density at radius 1 is 1.60 bits per heavy atom. The van der Waals surface area contributed by atoms with Crippen LogP contribution in [0, 0.1) is 5.92 Å². The Labute approximate surface area is 90.5 Å². The number of carbonyl (C=O) groups excluding carboxylic acids is 1. The van der Waals surface area contributed by atoms with Gasteiger partial charge in [0.2, 0.25) is 0 Å². The molecule has 0 spiro atoms. The van der Waals surface area contributed by atoms with Crippen LogP contribution in [0.4, 0.5) is 0 Å². The summed E-state index contributed by atoms with van der Waals surface area (Å²) < 4.78 is 5.10. The molecule has 0 amide bonds. The summed E-state index contributed by atoms with van der Waals surface area (Å²) in [6, 6.07) is 1.71. The maximum atomic E-state index is 11.9. The second-order valence-electron chi connectivity index (χ2n) is 3.72. The molecule has 0 aliphatic heterocycles. The molecule has 0 aliphatic rings. The molecule has 3 nitrogen and oxygen atoms in total. The minimum atomic E-state index is 0.128. The number of rotatable bonds is 5. The molecular formula is C12H17NO2. The zero-order valence-corrected chi connectivity index (χ0v) is 9.49. The largest absolute Gasteiger partial charge is 0.494 e. The normalized spacial score (nSPS) is 12.2. The van der Waals surface area contributed by atoms with E-state index in [-0.39, 0.29) is 5.78 Å². The standard InChI is InChI=1S/C12H17NO2/c1-4-9(2)7-11(14)10-5-6-13-8-12(10)15-3/h5-6,8-9H,4,7H2,1-3H3. The van der Waals surface area contributed by atoms with Gasteiger partial charge in [-0.1, -0.05) is 20.3 Å². The van der Waals surface area contributed by atoms with Gasteiger partial charge in [-0.05, 0) is 12.0 Å². The lowest BCUT2D eigenvalue weighted by Gasteiger charge is -2.09. The molecule has 0 fully saturated rings. The van der Waals surface area contributed by atoms with Crippen molar-refractivity contribution in [1.29, 1.82) is 0 Å². The van der Waals surface area contributed by atoms with Gasteiger partial charge in [0.05, 0.1) is 18.9 Å². The quantitative estimate of drug-likeness (QED) is 0.697. The fourth-order valence-electron chi connectivity index (χ4n) is 1.34. The van der Waals surface area contributed by atoms with Crippen molar-refractivity contribution in [2.24, 2.45) is 5.92 Å². The summed E-state index contributed by atoms with van der Waals surface area (Å²) in [5.74, 6) is 1.10. The van der Waals surface area contributed by atoms with E-state index in [1.165, 1.54) is 0 Å². The van der Waals surface area contributed by atoms with Crippen molar-refractivity contribution < 1.29 is 9.53 Å². The van der Waals surface area contributed by atoms with Crippen LogP contribution >= 0.6 is 0 Å². The highest BCUT2D eigenvalue weighted by Gasteiger charge is 2.14. The molecule has 1 heterocycles. The Morgan fingerprint density at radius 3 is 2.93 bits per heavy atom. The van der Waals surface area contributed by atoms with Gasteiger partial charge in [-0.3, -0.25) is 9.78 Å². The highest BCUT2D eigenvalue weighted by atomic mass is 16.5. The van der Waals surface area contributed by atoms with Crippen molar-refractivity contribution in [3.63, 3.8) is 0 Å². The number of nitrogens with zero attached hydrogens (tertiary/aromatic N) is 1. The van der Waals surface area contributed by atoms with Gasteiger partial charge in [-0.25, -0.2) is 0 Å². The van der Waals surface area contributed by atoms with Crippen molar-refractivity contribution in [2.45, 2.75) is 26.7 Å². The van der Waals surface area contributed by atoms with Gasteiger partial charge < -0.3 is 4.74 Å². The van der Waals surface area contributed by atoms with Crippen molar-refractivity contribution >= 4 is 5.78 Å². The highest BCUT2D eigenvalue weighted by Crippen LogP contribution is 2.20. The Hall–Kier alpha value is -1.38. The summed E-state index contributed by atoms with van der Waals surface area (Å²) in [6.45, 7) is 4.16. The molecule has 1 aromatic rings. The first-order chi connectivity index (χ1) is 7.19. The lowest BCUT2D eigenvalue weighted by atomic mass is 9.98. The topological polar surface area (TPSA) is 39.2 Å². The summed E-state index contributed by atoms with van der Waals surface area (Å²) in [5.41, 5.74) is 0.632. The molecule has 0 N–H and O–H groups in total. The summed E-state index contributed by atoms with van der Waals surface area (Å²) in [7, 11) is 1.55. The van der Waals surface area contributed by atoms with Gasteiger partial charge in [0.1, 0.15) is 5.75 Å². The lowest BCUT2D eigenvalue weighted by Crippen LogP contribution is -2.07. The Bertz CT molecular complexity index is 336. The highest BCUT2D eigenvalue weighted by molar-refractivity contribution is 5.98. The third-order valence-corrected chi connectivity index (χ3v) is 2.54. The van der Waals surface area contributed by atoms with Crippen LogP contribution in [-0.2, 0) is 0 Å². The minimum absolute atomic E-state index is 0.128. The Kier molecular flexibility index (Phi) is 4.28. The first kappa shape index (κ1) is 11.7. The molecule has 0 bridgehead atoms. The molecular weight excluding hydrogens is 190 g/mol. The van der Waals surface area contributed by atoms with E-state index in [4.69, 9.17) is 4.74 Å². The van der Waals surface area contributed by atoms with Crippen molar-refractivity contribution in [3.05, 3.63) is 24.0 Å². The van der Waals surface area contributed by atoms with Crippen LogP contribution in [-0.4, -0.2) is 17.9 Å². The lowest BCUT2D eigenvalue weighted by molar-refractivity contribution is 0.0960. The number of Topliss-reactive ketones (excluding diaryl/α,β-unsaturated/α-hetero) is 1. The summed E-state index contributed by atoms with van der Waals surface area (Å²) in [6.07, 6.45) is 4.77. The van der Waals surface area contributed by atoms with E-state index >= 15 is 0 Å². The molecule has 1 rings (SSSR count). The minimum Gasteiger partial charge on any atom is -0.494 e. The molecule has 0 saturated carbocycles. The van der Waals surface area contributed by atoms with Gasteiger partial charge in [-0.15, -0.1) is 0 Å². The number of aromatic nitrogens is 1. The summed E-state index contributed by atoms with van der Waals surface area (Å²) >= 11 is 0. The van der Waals surface area contributed by atoms with Crippen LogP contribution in [0.2, 0.25) is 0 Å². The Balaban J connectivity index is 2.81. The molecule has 15 heavy (non-hydrogen) atoms. The summed E-state index contributed by atoms with van der Waals surface area (Å²) in [4.78, 5) is 15.8. The molecule has 1 atom stereocenters. The second kappa shape index (κ2) is 5.49. The number of hydrogen-bond acceptors (Lipinski definition) is 3. The molecule has 1 unspecified atom stereocenters. The number of carbonyl (C=O) groups is 1. The zero-order valence-electron chi connectivity index (χ0n) is 9.49. The van der Waals surface area contributed by atoms with Crippen molar-refractivity contribution in [1.82, 2.24) is 4.98 Å². The van der Waals surface area contributed by atoms with Crippen LogP contribution < -0.4 is 4.74 Å². The molecule has 0 aliphatic carbocycles. The van der Waals surface area contributed by atoms with Crippen LogP contribution in [0.25, 0.3) is 0 Å². The smallest absolute Gasteiger partial charge is 0.166 e. The number of methoxy groups -OCH3 is 1. The molecule has 3 heteroatoms. The molecule has 0 aromatic carbocycles. The fraction of sp³-hybridized carbons (Fsp3) is 0.500. The van der Waals surface area contributed by atoms with Gasteiger partial charge >= 0.3 is 0 Å². The maximum absolute atomic E-state index is 11.9. The van der Waals surface area contributed by atoms with E-state index < -0.39 is 0 Å². The van der Waals surface area contributed by atoms with Crippen LogP contribution in [0.3, 0.4) is 0 Å². The Morgan fingerprint density at radius 2 is 2.33 bits per heavy atom. The van der Waals surface area contributed by atoms with Gasteiger partial charge in [0.25, 0.3) is 0 Å². The first-order valence-corrected chi connectivity index (χ1v) is 5.20. The predicted octanol–water partition coefficient (Wildman–Crippen LogP) is 2.71. The predicted molar refractivity (Wildman–Crippen MR) is 59.2 cm³/mol. The maximum Gasteiger partial charge on any atom is 0.166 e. The van der Waals surface area contributed by atoms with E-state index in [1.54, 1.807) is 25.6 Å². The van der Waals surface area contributed by atoms with Crippen LogP contribution in [0.1, 0.15) is 37.0 Å². The van der Waals surface area contributed by atoms with Crippen molar-refractivity contribution in [3.8, 4) is 5.75 Å². The van der Waals surface area contributed by atoms with E-state index in [0.717, 1.165) is 6.42 Å². The number of ketones is 1. The van der Waals surface area contributed by atoms with E-state index in [2.05, 4.69) is 18.8 Å².